The lowest BCUT2D eigenvalue weighted by Gasteiger charge is -2.17. The third-order valence-electron chi connectivity index (χ3n) is 2.56. The van der Waals surface area contributed by atoms with Gasteiger partial charge in [-0.3, -0.25) is 0 Å². The van der Waals surface area contributed by atoms with Crippen molar-refractivity contribution in [1.82, 2.24) is 0 Å². The van der Waals surface area contributed by atoms with Crippen LogP contribution in [0.15, 0.2) is 28.7 Å². The molecular weight excluding hydrogens is 259 g/mol. The van der Waals surface area contributed by atoms with Gasteiger partial charge in [0.15, 0.2) is 0 Å². The first-order valence-corrected chi connectivity index (χ1v) is 6.25. The van der Waals surface area contributed by atoms with E-state index >= 15 is 0 Å². The lowest BCUT2D eigenvalue weighted by atomic mass is 9.94. The van der Waals surface area contributed by atoms with Gasteiger partial charge in [0.05, 0.1) is 0 Å². The molecule has 0 aliphatic carbocycles. The minimum absolute atomic E-state index is 0.249. The van der Waals surface area contributed by atoms with Crippen molar-refractivity contribution in [3.05, 3.63) is 34.3 Å². The first-order chi connectivity index (χ1) is 6.63. The Morgan fingerprint density at radius 3 is 2.64 bits per heavy atom. The number of hydrogen-bond acceptors (Lipinski definition) is 0. The zero-order chi connectivity index (χ0) is 10.6. The maximum atomic E-state index is 6.12. The molecule has 0 heterocycles. The van der Waals surface area contributed by atoms with Crippen LogP contribution in [0.3, 0.4) is 0 Å². The van der Waals surface area contributed by atoms with Gasteiger partial charge in [-0.25, -0.2) is 0 Å². The van der Waals surface area contributed by atoms with E-state index in [1.807, 2.05) is 0 Å². The molecule has 0 nitrogen and oxygen atoms in total. The molecule has 1 rings (SSSR count). The maximum Gasteiger partial charge on any atom is 0.0339 e. The molecule has 14 heavy (non-hydrogen) atoms. The van der Waals surface area contributed by atoms with E-state index in [9.17, 15) is 0 Å². The van der Waals surface area contributed by atoms with Crippen molar-refractivity contribution < 1.29 is 0 Å². The van der Waals surface area contributed by atoms with E-state index in [2.05, 4.69) is 54.0 Å². The Bertz CT molecular complexity index is 283. The van der Waals surface area contributed by atoms with E-state index in [1.165, 1.54) is 5.56 Å². The second-order valence-electron chi connectivity index (χ2n) is 3.68. The molecule has 0 amide bonds. The van der Waals surface area contributed by atoms with E-state index in [1.54, 1.807) is 0 Å². The Balaban J connectivity index is 2.67. The van der Waals surface area contributed by atoms with Gasteiger partial charge in [-0.05, 0) is 37.0 Å². The molecule has 1 aromatic carbocycles. The van der Waals surface area contributed by atoms with E-state index in [-0.39, 0.29) is 5.38 Å². The summed E-state index contributed by atoms with van der Waals surface area (Å²) in [5, 5.41) is 0.249. The molecule has 0 N–H and O–H groups in total. The lowest BCUT2D eigenvalue weighted by molar-refractivity contribution is 0.497. The van der Waals surface area contributed by atoms with Crippen molar-refractivity contribution >= 4 is 27.5 Å². The number of hydrogen-bond donors (Lipinski definition) is 0. The summed E-state index contributed by atoms with van der Waals surface area (Å²) in [5.41, 5.74) is 1.36. The summed E-state index contributed by atoms with van der Waals surface area (Å²) in [6, 6.07) is 8.45. The van der Waals surface area contributed by atoms with Crippen LogP contribution in [0.5, 0.6) is 0 Å². The zero-order valence-electron chi connectivity index (χ0n) is 8.63. The Kier molecular flexibility index (Phi) is 4.97. The first-order valence-electron chi connectivity index (χ1n) is 5.02. The second kappa shape index (κ2) is 5.77. The molecule has 1 aromatic rings. The van der Waals surface area contributed by atoms with Gasteiger partial charge in [0.2, 0.25) is 0 Å². The number of halogens is 2. The molecule has 0 bridgehead atoms. The molecule has 2 unspecified atom stereocenters. The fourth-order valence-corrected chi connectivity index (χ4v) is 2.31. The molecule has 0 aromatic heterocycles. The molecular formula is C12H16BrCl. The molecule has 0 saturated heterocycles. The van der Waals surface area contributed by atoms with Crippen molar-refractivity contribution in [3.63, 3.8) is 0 Å². The zero-order valence-corrected chi connectivity index (χ0v) is 11.0. The molecule has 2 heteroatoms. The first kappa shape index (κ1) is 12.1. The predicted octanol–water partition coefficient (Wildman–Crippen LogP) is 4.65. The smallest absolute Gasteiger partial charge is 0.0339 e. The van der Waals surface area contributed by atoms with Crippen LogP contribution >= 0.6 is 27.5 Å². The Morgan fingerprint density at radius 2 is 2.14 bits per heavy atom. The van der Waals surface area contributed by atoms with Crippen molar-refractivity contribution in [2.24, 2.45) is 5.92 Å². The summed E-state index contributed by atoms with van der Waals surface area (Å²) in [7, 11) is 0. The highest BCUT2D eigenvalue weighted by Crippen LogP contribution is 2.21. The molecule has 78 valence electrons. The maximum absolute atomic E-state index is 6.12. The van der Waals surface area contributed by atoms with E-state index in [0.29, 0.717) is 5.92 Å². The Hall–Kier alpha value is -0.0100. The monoisotopic (exact) mass is 274 g/mol. The highest BCUT2D eigenvalue weighted by Gasteiger charge is 2.13. The molecule has 0 aliphatic rings. The van der Waals surface area contributed by atoms with E-state index in [0.717, 1.165) is 17.3 Å². The highest BCUT2D eigenvalue weighted by molar-refractivity contribution is 9.10. The lowest BCUT2D eigenvalue weighted by Crippen LogP contribution is -2.13. The molecule has 0 radical (unpaired) electrons. The third-order valence-corrected chi connectivity index (χ3v) is 3.41. The minimum Gasteiger partial charge on any atom is -0.123 e. The van der Waals surface area contributed by atoms with Crippen molar-refractivity contribution in [2.45, 2.75) is 32.1 Å². The van der Waals surface area contributed by atoms with Crippen LogP contribution in [0.4, 0.5) is 0 Å². The highest BCUT2D eigenvalue weighted by atomic mass is 79.9. The van der Waals surface area contributed by atoms with Crippen LogP contribution in [-0.2, 0) is 6.42 Å². The topological polar surface area (TPSA) is 0 Å². The molecule has 0 spiro atoms. The van der Waals surface area contributed by atoms with Gasteiger partial charge in [0.25, 0.3) is 0 Å². The van der Waals surface area contributed by atoms with E-state index in [4.69, 9.17) is 11.6 Å². The van der Waals surface area contributed by atoms with E-state index < -0.39 is 0 Å². The van der Waals surface area contributed by atoms with Crippen molar-refractivity contribution in [3.8, 4) is 0 Å². The summed E-state index contributed by atoms with van der Waals surface area (Å²) in [6.45, 7) is 4.27. The summed E-state index contributed by atoms with van der Waals surface area (Å²) in [6.07, 6.45) is 2.21. The average molecular weight is 276 g/mol. The van der Waals surface area contributed by atoms with Gasteiger partial charge < -0.3 is 0 Å². The molecule has 0 saturated carbocycles. The predicted molar refractivity (Wildman–Crippen MR) is 66.9 cm³/mol. The quantitative estimate of drug-likeness (QED) is 0.702. The second-order valence-corrected chi connectivity index (χ2v) is 5.28. The van der Waals surface area contributed by atoms with Gasteiger partial charge in [-0.1, -0.05) is 41.4 Å². The van der Waals surface area contributed by atoms with Crippen molar-refractivity contribution in [1.29, 1.82) is 0 Å². The number of alkyl halides is 1. The largest absolute Gasteiger partial charge is 0.123 e. The fraction of sp³-hybridized carbons (Fsp3) is 0.500. The van der Waals surface area contributed by atoms with Crippen molar-refractivity contribution in [2.75, 3.05) is 0 Å². The van der Waals surface area contributed by atoms with Gasteiger partial charge in [0.1, 0.15) is 0 Å². The summed E-state index contributed by atoms with van der Waals surface area (Å²) in [5.74, 6) is 0.575. The van der Waals surface area contributed by atoms with Crippen LogP contribution in [0.2, 0.25) is 0 Å². The Labute approximate surface area is 99.8 Å². The molecule has 0 aliphatic heterocycles. The fourth-order valence-electron chi connectivity index (χ4n) is 1.60. The van der Waals surface area contributed by atoms with Gasteiger partial charge >= 0.3 is 0 Å². The SMILES string of the molecule is CCC(Cc1cccc(Br)c1)C(C)Cl. The minimum atomic E-state index is 0.249. The number of benzene rings is 1. The van der Waals surface area contributed by atoms with Gasteiger partial charge in [-0.2, -0.15) is 0 Å². The summed E-state index contributed by atoms with van der Waals surface area (Å²) in [4.78, 5) is 0. The number of rotatable bonds is 4. The standard InChI is InChI=1S/C12H16BrCl/c1-3-11(9(2)14)7-10-5-4-6-12(13)8-10/h4-6,8-9,11H,3,7H2,1-2H3. The van der Waals surface area contributed by atoms with Crippen LogP contribution in [0.25, 0.3) is 0 Å². The van der Waals surface area contributed by atoms with Crippen LogP contribution in [-0.4, -0.2) is 5.38 Å². The Morgan fingerprint density at radius 1 is 1.43 bits per heavy atom. The normalized spacial score (nSPS) is 15.1. The summed E-state index contributed by atoms with van der Waals surface area (Å²) < 4.78 is 1.15. The molecule has 2 atom stereocenters. The summed E-state index contributed by atoms with van der Waals surface area (Å²) >= 11 is 9.60. The average Bonchev–Trinajstić information content (AvgIpc) is 2.14. The third kappa shape index (κ3) is 3.62. The van der Waals surface area contributed by atoms with Crippen LogP contribution < -0.4 is 0 Å². The van der Waals surface area contributed by atoms with Gasteiger partial charge in [-0.15, -0.1) is 11.6 Å². The van der Waals surface area contributed by atoms with Gasteiger partial charge in [0, 0.05) is 9.85 Å². The molecule has 0 fully saturated rings. The van der Waals surface area contributed by atoms with Crippen LogP contribution in [0.1, 0.15) is 25.8 Å². The van der Waals surface area contributed by atoms with Crippen LogP contribution in [0, 0.1) is 5.92 Å².